The maximum absolute atomic E-state index is 13.6. The molecule has 0 aliphatic heterocycles. The van der Waals surface area contributed by atoms with E-state index in [4.69, 9.17) is 4.74 Å². The van der Waals surface area contributed by atoms with Crippen LogP contribution in [-0.2, 0) is 6.54 Å². The number of benzene rings is 1. The van der Waals surface area contributed by atoms with E-state index in [-0.39, 0.29) is 5.82 Å². The van der Waals surface area contributed by atoms with Crippen molar-refractivity contribution >= 4 is 11.6 Å². The first-order chi connectivity index (χ1) is 10.1. The molecule has 0 aliphatic carbocycles. The van der Waals surface area contributed by atoms with Crippen LogP contribution in [0.15, 0.2) is 18.5 Å². The fourth-order valence-corrected chi connectivity index (χ4v) is 2.19. The van der Waals surface area contributed by atoms with Crippen molar-refractivity contribution in [3.8, 4) is 5.75 Å². The van der Waals surface area contributed by atoms with E-state index in [0.29, 0.717) is 35.1 Å². The van der Waals surface area contributed by atoms with Crippen LogP contribution in [0.2, 0.25) is 0 Å². The zero-order chi connectivity index (χ0) is 15.4. The molecule has 1 heterocycles. The van der Waals surface area contributed by atoms with Crippen LogP contribution in [0.1, 0.15) is 16.7 Å². The van der Waals surface area contributed by atoms with Crippen molar-refractivity contribution in [2.24, 2.45) is 0 Å². The van der Waals surface area contributed by atoms with Gasteiger partial charge >= 0.3 is 0 Å². The molecular formula is C15H19FN4O. The smallest absolute Gasteiger partial charge is 0.204 e. The molecule has 6 heteroatoms. The number of halogens is 1. The molecule has 5 nitrogen and oxygen atoms in total. The average molecular weight is 290 g/mol. The Hall–Kier alpha value is -2.37. The molecule has 112 valence electrons. The molecule has 0 radical (unpaired) electrons. The van der Waals surface area contributed by atoms with E-state index in [1.165, 1.54) is 6.33 Å². The third kappa shape index (κ3) is 3.21. The molecule has 0 aliphatic rings. The van der Waals surface area contributed by atoms with E-state index >= 15 is 0 Å². The third-order valence-corrected chi connectivity index (χ3v) is 3.20. The van der Waals surface area contributed by atoms with Gasteiger partial charge in [-0.1, -0.05) is 12.1 Å². The van der Waals surface area contributed by atoms with E-state index in [1.54, 1.807) is 28.0 Å². The molecule has 0 atom stereocenters. The fourth-order valence-electron chi connectivity index (χ4n) is 2.19. The van der Waals surface area contributed by atoms with Crippen LogP contribution in [0, 0.1) is 19.7 Å². The second-order valence-electron chi connectivity index (χ2n) is 4.75. The predicted octanol–water partition coefficient (Wildman–Crippen LogP) is 2.89. The highest BCUT2D eigenvalue weighted by Crippen LogP contribution is 2.28. The van der Waals surface area contributed by atoms with Crippen LogP contribution in [0.5, 0.6) is 5.75 Å². The summed E-state index contributed by atoms with van der Waals surface area (Å²) in [6.45, 7) is 4.05. The molecule has 0 unspecified atom stereocenters. The lowest BCUT2D eigenvalue weighted by molar-refractivity contribution is 0.415. The Kier molecular flexibility index (Phi) is 4.57. The minimum atomic E-state index is -0.157. The third-order valence-electron chi connectivity index (χ3n) is 3.20. The number of rotatable bonds is 5. The Morgan fingerprint density at radius 2 is 1.76 bits per heavy atom. The number of nitrogens with zero attached hydrogens (tertiary/aromatic N) is 2. The summed E-state index contributed by atoms with van der Waals surface area (Å²) < 4.78 is 18.9. The molecule has 1 aromatic heterocycles. The van der Waals surface area contributed by atoms with Crippen LogP contribution in [-0.4, -0.2) is 24.1 Å². The second kappa shape index (κ2) is 6.39. The molecule has 2 aromatic rings. The van der Waals surface area contributed by atoms with E-state index in [2.05, 4.69) is 20.6 Å². The van der Waals surface area contributed by atoms with E-state index in [1.807, 2.05) is 12.1 Å². The molecule has 0 saturated carbocycles. The quantitative estimate of drug-likeness (QED) is 0.886. The van der Waals surface area contributed by atoms with Crippen LogP contribution >= 0.6 is 0 Å². The summed E-state index contributed by atoms with van der Waals surface area (Å²) in [6.07, 6.45) is 1.46. The van der Waals surface area contributed by atoms with Crippen LogP contribution in [0.4, 0.5) is 16.0 Å². The van der Waals surface area contributed by atoms with Crippen LogP contribution in [0.3, 0.4) is 0 Å². The van der Waals surface area contributed by atoms with Gasteiger partial charge < -0.3 is 15.4 Å². The lowest BCUT2D eigenvalue weighted by Crippen LogP contribution is -2.07. The van der Waals surface area contributed by atoms with Crippen molar-refractivity contribution < 1.29 is 9.13 Å². The van der Waals surface area contributed by atoms with Crippen LogP contribution in [0.25, 0.3) is 0 Å². The summed E-state index contributed by atoms with van der Waals surface area (Å²) in [5.74, 6) is 1.60. The Morgan fingerprint density at radius 3 is 2.33 bits per heavy atom. The molecule has 2 rings (SSSR count). The van der Waals surface area contributed by atoms with Gasteiger partial charge in [-0.05, 0) is 30.5 Å². The van der Waals surface area contributed by atoms with Gasteiger partial charge in [-0.15, -0.1) is 0 Å². The zero-order valence-corrected chi connectivity index (χ0v) is 12.6. The largest absolute Gasteiger partial charge is 0.490 e. The Balaban J connectivity index is 2.20. The lowest BCUT2D eigenvalue weighted by atomic mass is 10.1. The number of aryl methyl sites for hydroxylation is 2. The molecule has 0 saturated heterocycles. The zero-order valence-electron chi connectivity index (χ0n) is 12.6. The Bertz CT molecular complexity index is 623. The van der Waals surface area contributed by atoms with Crippen molar-refractivity contribution in [1.82, 2.24) is 9.97 Å². The fraction of sp³-hybridized carbons (Fsp3) is 0.333. The Labute approximate surface area is 123 Å². The number of hydrogen-bond acceptors (Lipinski definition) is 5. The summed E-state index contributed by atoms with van der Waals surface area (Å²) in [7, 11) is 3.33. The van der Waals surface area contributed by atoms with Crippen molar-refractivity contribution in [2.45, 2.75) is 20.4 Å². The first-order valence-corrected chi connectivity index (χ1v) is 6.63. The standard InChI is InChI=1S/C15H19FN4O/c1-9-5-11(6-10(2)12(9)16)7-18-15-13(21-4)14(17-3)19-8-20-15/h5-6,8H,7H2,1-4H3,(H2,17,18,19,20). The normalized spacial score (nSPS) is 10.3. The molecule has 2 N–H and O–H groups in total. The number of ether oxygens (including phenoxy) is 1. The number of hydrogen-bond donors (Lipinski definition) is 2. The number of aromatic nitrogens is 2. The summed E-state index contributed by atoms with van der Waals surface area (Å²) in [4.78, 5) is 8.26. The molecule has 0 amide bonds. The number of nitrogens with one attached hydrogen (secondary N) is 2. The van der Waals surface area contributed by atoms with Crippen molar-refractivity contribution in [2.75, 3.05) is 24.8 Å². The van der Waals surface area contributed by atoms with Gasteiger partial charge in [-0.2, -0.15) is 0 Å². The minimum absolute atomic E-state index is 0.157. The SMILES string of the molecule is CNc1ncnc(NCc2cc(C)c(F)c(C)c2)c1OC. The van der Waals surface area contributed by atoms with Gasteiger partial charge in [0.05, 0.1) is 7.11 Å². The van der Waals surface area contributed by atoms with E-state index in [0.717, 1.165) is 5.56 Å². The highest BCUT2D eigenvalue weighted by molar-refractivity contribution is 5.63. The van der Waals surface area contributed by atoms with Crippen molar-refractivity contribution in [3.63, 3.8) is 0 Å². The van der Waals surface area contributed by atoms with Gasteiger partial charge in [0.25, 0.3) is 0 Å². The van der Waals surface area contributed by atoms with Crippen molar-refractivity contribution in [3.05, 3.63) is 41.0 Å². The van der Waals surface area contributed by atoms with Gasteiger partial charge in [-0.3, -0.25) is 0 Å². The summed E-state index contributed by atoms with van der Waals surface area (Å²) in [5, 5.41) is 6.14. The van der Waals surface area contributed by atoms with Gasteiger partial charge in [0.1, 0.15) is 12.1 Å². The highest BCUT2D eigenvalue weighted by Gasteiger charge is 2.11. The average Bonchev–Trinajstić information content (AvgIpc) is 2.49. The topological polar surface area (TPSA) is 59.1 Å². The van der Waals surface area contributed by atoms with Gasteiger partial charge in [0.2, 0.25) is 5.75 Å². The summed E-state index contributed by atoms with van der Waals surface area (Å²) in [5.41, 5.74) is 2.26. The molecule has 0 bridgehead atoms. The maximum Gasteiger partial charge on any atom is 0.204 e. The Morgan fingerprint density at radius 1 is 1.14 bits per heavy atom. The van der Waals surface area contributed by atoms with E-state index < -0.39 is 0 Å². The molecular weight excluding hydrogens is 271 g/mol. The van der Waals surface area contributed by atoms with Gasteiger partial charge in [-0.25, -0.2) is 14.4 Å². The van der Waals surface area contributed by atoms with E-state index in [9.17, 15) is 4.39 Å². The highest BCUT2D eigenvalue weighted by atomic mass is 19.1. The first kappa shape index (κ1) is 15.0. The minimum Gasteiger partial charge on any atom is -0.490 e. The van der Waals surface area contributed by atoms with Gasteiger partial charge in [0, 0.05) is 13.6 Å². The second-order valence-corrected chi connectivity index (χ2v) is 4.75. The number of methoxy groups -OCH3 is 1. The maximum atomic E-state index is 13.6. The van der Waals surface area contributed by atoms with Crippen molar-refractivity contribution in [1.29, 1.82) is 0 Å². The molecule has 0 fully saturated rings. The monoisotopic (exact) mass is 290 g/mol. The van der Waals surface area contributed by atoms with Gasteiger partial charge in [0.15, 0.2) is 11.6 Å². The lowest BCUT2D eigenvalue weighted by Gasteiger charge is -2.13. The van der Waals surface area contributed by atoms with Crippen LogP contribution < -0.4 is 15.4 Å². The first-order valence-electron chi connectivity index (χ1n) is 6.63. The molecule has 0 spiro atoms. The predicted molar refractivity (Wildman–Crippen MR) is 81.3 cm³/mol. The number of anilines is 2. The molecule has 21 heavy (non-hydrogen) atoms. The summed E-state index contributed by atoms with van der Waals surface area (Å²) >= 11 is 0. The summed E-state index contributed by atoms with van der Waals surface area (Å²) in [6, 6.07) is 3.64. The molecule has 1 aromatic carbocycles.